The lowest BCUT2D eigenvalue weighted by molar-refractivity contribution is -0.161. The second kappa shape index (κ2) is 8.20. The number of nitrogens with one attached hydrogen (secondary N) is 1. The molecular formula is C17H17ClN2O5S. The Morgan fingerprint density at radius 2 is 1.85 bits per heavy atom. The van der Waals surface area contributed by atoms with E-state index in [2.05, 4.69) is 5.32 Å². The molecule has 0 atom stereocenters. The number of hydrogen-bond donors (Lipinski definition) is 2. The van der Waals surface area contributed by atoms with Crippen LogP contribution in [0, 0.1) is 0 Å². The van der Waals surface area contributed by atoms with Gasteiger partial charge in [-0.1, -0.05) is 11.6 Å². The van der Waals surface area contributed by atoms with Crippen LogP contribution in [0.3, 0.4) is 0 Å². The number of benzene rings is 1. The molecule has 1 aromatic carbocycles. The summed E-state index contributed by atoms with van der Waals surface area (Å²) in [6.45, 7) is 2.51. The van der Waals surface area contributed by atoms with Crippen molar-refractivity contribution in [1.82, 2.24) is 0 Å². The SMILES string of the molecule is CC(C)(Oc1ccc(Cl)cc1)C(=O)OCC(=O)Nc1sccc1C(N)=O. The van der Waals surface area contributed by atoms with Crippen LogP contribution in [0.15, 0.2) is 35.7 Å². The average Bonchev–Trinajstić information content (AvgIpc) is 3.02. The predicted octanol–water partition coefficient (Wildman–Crippen LogP) is 2.84. The van der Waals surface area contributed by atoms with Crippen LogP contribution >= 0.6 is 22.9 Å². The number of thiophene rings is 1. The number of rotatable bonds is 7. The van der Waals surface area contributed by atoms with E-state index >= 15 is 0 Å². The maximum absolute atomic E-state index is 12.2. The minimum atomic E-state index is -1.31. The summed E-state index contributed by atoms with van der Waals surface area (Å²) < 4.78 is 10.6. The number of carbonyl (C=O) groups is 3. The topological polar surface area (TPSA) is 108 Å². The van der Waals surface area contributed by atoms with E-state index in [1.165, 1.54) is 19.9 Å². The highest BCUT2D eigenvalue weighted by atomic mass is 35.5. The zero-order valence-corrected chi connectivity index (χ0v) is 15.6. The molecule has 1 aromatic heterocycles. The largest absolute Gasteiger partial charge is 0.476 e. The van der Waals surface area contributed by atoms with Crippen molar-refractivity contribution < 1.29 is 23.9 Å². The van der Waals surface area contributed by atoms with Crippen LogP contribution in [0.25, 0.3) is 0 Å². The molecule has 2 aromatic rings. The molecule has 0 unspecified atom stereocenters. The zero-order valence-electron chi connectivity index (χ0n) is 14.1. The van der Waals surface area contributed by atoms with Crippen molar-refractivity contribution in [3.63, 3.8) is 0 Å². The Morgan fingerprint density at radius 1 is 1.19 bits per heavy atom. The van der Waals surface area contributed by atoms with Gasteiger partial charge in [0, 0.05) is 5.02 Å². The van der Waals surface area contributed by atoms with Crippen LogP contribution in [0.4, 0.5) is 5.00 Å². The number of amides is 2. The third-order valence-corrected chi connectivity index (χ3v) is 4.28. The number of carbonyl (C=O) groups excluding carboxylic acids is 3. The molecule has 2 rings (SSSR count). The maximum Gasteiger partial charge on any atom is 0.350 e. The molecule has 3 N–H and O–H groups in total. The van der Waals surface area contributed by atoms with Crippen molar-refractivity contribution >= 4 is 45.7 Å². The van der Waals surface area contributed by atoms with Crippen molar-refractivity contribution in [3.05, 3.63) is 46.3 Å². The fraction of sp³-hybridized carbons (Fsp3) is 0.235. The molecule has 0 radical (unpaired) electrons. The highest BCUT2D eigenvalue weighted by Gasteiger charge is 2.32. The van der Waals surface area contributed by atoms with Crippen LogP contribution in [0.1, 0.15) is 24.2 Å². The van der Waals surface area contributed by atoms with Gasteiger partial charge in [0.05, 0.1) is 5.56 Å². The van der Waals surface area contributed by atoms with Crippen LogP contribution in [-0.4, -0.2) is 30.0 Å². The third-order valence-electron chi connectivity index (χ3n) is 3.20. The molecule has 26 heavy (non-hydrogen) atoms. The summed E-state index contributed by atoms with van der Waals surface area (Å²) in [7, 11) is 0. The molecule has 0 saturated heterocycles. The quantitative estimate of drug-likeness (QED) is 0.699. The van der Waals surface area contributed by atoms with Gasteiger partial charge in [-0.25, -0.2) is 4.79 Å². The van der Waals surface area contributed by atoms with E-state index in [1.807, 2.05) is 0 Å². The lowest BCUT2D eigenvalue weighted by atomic mass is 10.1. The minimum absolute atomic E-state index is 0.195. The van der Waals surface area contributed by atoms with Gasteiger partial charge >= 0.3 is 5.97 Å². The molecule has 138 valence electrons. The molecule has 7 nitrogen and oxygen atoms in total. The Labute approximate surface area is 159 Å². The summed E-state index contributed by atoms with van der Waals surface area (Å²) >= 11 is 6.94. The zero-order chi connectivity index (χ0) is 19.3. The van der Waals surface area contributed by atoms with Crippen LogP contribution in [0.2, 0.25) is 5.02 Å². The van der Waals surface area contributed by atoms with E-state index in [-0.39, 0.29) is 5.56 Å². The lowest BCUT2D eigenvalue weighted by Gasteiger charge is -2.24. The number of ether oxygens (including phenoxy) is 2. The molecule has 1 heterocycles. The number of primary amides is 1. The van der Waals surface area contributed by atoms with Crippen molar-refractivity contribution in [3.8, 4) is 5.75 Å². The van der Waals surface area contributed by atoms with Gasteiger partial charge in [-0.2, -0.15) is 0 Å². The second-order valence-electron chi connectivity index (χ2n) is 5.72. The fourth-order valence-corrected chi connectivity index (χ4v) is 2.84. The molecule has 0 bridgehead atoms. The summed E-state index contributed by atoms with van der Waals surface area (Å²) in [6, 6.07) is 7.99. The Kier molecular flexibility index (Phi) is 6.23. The Hall–Kier alpha value is -2.58. The molecule has 0 aliphatic rings. The molecule has 0 aliphatic heterocycles. The van der Waals surface area contributed by atoms with Gasteiger partial charge in [-0.05, 0) is 49.6 Å². The highest BCUT2D eigenvalue weighted by Crippen LogP contribution is 2.23. The van der Waals surface area contributed by atoms with Gasteiger partial charge in [0.2, 0.25) is 0 Å². The average molecular weight is 397 g/mol. The van der Waals surface area contributed by atoms with Gasteiger partial charge in [-0.3, -0.25) is 9.59 Å². The van der Waals surface area contributed by atoms with E-state index in [9.17, 15) is 14.4 Å². The molecule has 9 heteroatoms. The number of hydrogen-bond acceptors (Lipinski definition) is 6. The van der Waals surface area contributed by atoms with Crippen molar-refractivity contribution in [2.45, 2.75) is 19.4 Å². The van der Waals surface area contributed by atoms with E-state index in [0.29, 0.717) is 15.8 Å². The summed E-state index contributed by atoms with van der Waals surface area (Å²) in [4.78, 5) is 35.3. The van der Waals surface area contributed by atoms with E-state index < -0.39 is 30.0 Å². The van der Waals surface area contributed by atoms with Crippen molar-refractivity contribution in [2.24, 2.45) is 5.73 Å². The normalized spacial score (nSPS) is 10.9. The maximum atomic E-state index is 12.2. The summed E-state index contributed by atoms with van der Waals surface area (Å²) in [5, 5.41) is 4.94. The van der Waals surface area contributed by atoms with E-state index in [0.717, 1.165) is 11.3 Å². The first kappa shape index (κ1) is 19.7. The fourth-order valence-electron chi connectivity index (χ4n) is 1.91. The first-order valence-electron chi connectivity index (χ1n) is 7.48. The van der Waals surface area contributed by atoms with Gasteiger partial charge in [-0.15, -0.1) is 11.3 Å². The number of nitrogens with two attached hydrogens (primary N) is 1. The minimum Gasteiger partial charge on any atom is -0.476 e. The van der Waals surface area contributed by atoms with Gasteiger partial charge in [0.25, 0.3) is 11.8 Å². The molecule has 0 spiro atoms. The van der Waals surface area contributed by atoms with Crippen LogP contribution < -0.4 is 15.8 Å². The number of halogens is 1. The van der Waals surface area contributed by atoms with Gasteiger partial charge in [0.1, 0.15) is 10.8 Å². The molecule has 0 aliphatic carbocycles. The lowest BCUT2D eigenvalue weighted by Crippen LogP contribution is -2.41. The second-order valence-corrected chi connectivity index (χ2v) is 7.07. The Morgan fingerprint density at radius 3 is 2.46 bits per heavy atom. The summed E-state index contributed by atoms with van der Waals surface area (Å²) in [6.07, 6.45) is 0. The van der Waals surface area contributed by atoms with E-state index in [4.69, 9.17) is 26.8 Å². The van der Waals surface area contributed by atoms with Crippen molar-refractivity contribution in [2.75, 3.05) is 11.9 Å². The summed E-state index contributed by atoms with van der Waals surface area (Å²) in [5.74, 6) is -1.53. The first-order chi connectivity index (χ1) is 12.2. The monoisotopic (exact) mass is 396 g/mol. The Balaban J connectivity index is 1.90. The van der Waals surface area contributed by atoms with E-state index in [1.54, 1.807) is 29.6 Å². The van der Waals surface area contributed by atoms with Crippen molar-refractivity contribution in [1.29, 1.82) is 0 Å². The number of esters is 1. The molecule has 2 amide bonds. The molecule has 0 fully saturated rings. The molecular weight excluding hydrogens is 380 g/mol. The first-order valence-corrected chi connectivity index (χ1v) is 8.74. The number of anilines is 1. The highest BCUT2D eigenvalue weighted by molar-refractivity contribution is 7.14. The predicted molar refractivity (Wildman–Crippen MR) is 98.6 cm³/mol. The van der Waals surface area contributed by atoms with Crippen LogP contribution in [0.5, 0.6) is 5.75 Å². The smallest absolute Gasteiger partial charge is 0.350 e. The summed E-state index contributed by atoms with van der Waals surface area (Å²) in [5.41, 5.74) is 4.09. The third kappa shape index (κ3) is 5.21. The standard InChI is InChI=1S/C17H17ClN2O5S/c1-17(2,25-11-5-3-10(18)4-6-11)16(23)24-9-13(21)20-15-12(14(19)22)7-8-26-15/h3-8H,9H2,1-2H3,(H2,19,22)(H,20,21). The van der Waals surface area contributed by atoms with Gasteiger partial charge < -0.3 is 20.5 Å². The molecule has 0 saturated carbocycles. The van der Waals surface area contributed by atoms with Crippen LogP contribution in [-0.2, 0) is 14.3 Å². The Bertz CT molecular complexity index is 817. The van der Waals surface area contributed by atoms with Gasteiger partial charge in [0.15, 0.2) is 12.2 Å².